The highest BCUT2D eigenvalue weighted by molar-refractivity contribution is 5.68. The smallest absolute Gasteiger partial charge is 0.407 e. The number of alkyl carbamates (subject to hydrolysis) is 1. The maximum atomic E-state index is 12.0. The lowest BCUT2D eigenvalue weighted by Gasteiger charge is -2.14. The number of carboxylic acid groups (broad SMARTS) is 1. The molecule has 0 radical (unpaired) electrons. The van der Waals surface area contributed by atoms with E-state index in [1.807, 2.05) is 68.4 Å². The zero-order chi connectivity index (χ0) is 29.4. The van der Waals surface area contributed by atoms with E-state index in [9.17, 15) is 9.59 Å². The number of carbonyl (C=O) groups is 2. The topological polar surface area (TPSA) is 124 Å². The Hall–Kier alpha value is -4.66. The molecule has 2 aromatic carbocycles. The van der Waals surface area contributed by atoms with Gasteiger partial charge >= 0.3 is 12.1 Å². The van der Waals surface area contributed by atoms with Crippen molar-refractivity contribution in [1.29, 1.82) is 0 Å². The second-order valence-corrected chi connectivity index (χ2v) is 9.99. The van der Waals surface area contributed by atoms with E-state index in [1.54, 1.807) is 19.9 Å². The van der Waals surface area contributed by atoms with Gasteiger partial charge in [-0.1, -0.05) is 24.3 Å². The number of carboxylic acids is 1. The molecule has 0 fully saturated rings. The predicted octanol–water partition coefficient (Wildman–Crippen LogP) is 6.29. The number of ether oxygens (including phenoxy) is 2. The zero-order valence-corrected chi connectivity index (χ0v) is 23.8. The maximum Gasteiger partial charge on any atom is 0.407 e. The van der Waals surface area contributed by atoms with Crippen molar-refractivity contribution in [3.63, 3.8) is 0 Å². The van der Waals surface area contributed by atoms with E-state index in [4.69, 9.17) is 24.0 Å². The normalized spacial score (nSPS) is 11.0. The number of nitrogens with zero attached hydrogens (tertiary/aromatic N) is 2. The van der Waals surface area contributed by atoms with Crippen LogP contribution >= 0.6 is 0 Å². The molecule has 2 N–H and O–H groups in total. The van der Waals surface area contributed by atoms with Crippen LogP contribution in [0, 0.1) is 13.8 Å². The lowest BCUT2D eigenvalue weighted by molar-refractivity contribution is -0.136. The van der Waals surface area contributed by atoms with Gasteiger partial charge in [-0.25, -0.2) is 9.78 Å². The van der Waals surface area contributed by atoms with Crippen molar-refractivity contribution >= 4 is 12.1 Å². The number of benzene rings is 2. The van der Waals surface area contributed by atoms with Crippen LogP contribution in [0.2, 0.25) is 0 Å². The van der Waals surface area contributed by atoms with E-state index < -0.39 is 12.1 Å². The lowest BCUT2D eigenvalue weighted by atomic mass is 10.0. The number of rotatable bonds is 12. The molecule has 9 nitrogen and oxygen atoms in total. The number of aliphatic carboxylic acids is 1. The van der Waals surface area contributed by atoms with Crippen LogP contribution in [0.3, 0.4) is 0 Å². The van der Waals surface area contributed by atoms with E-state index in [2.05, 4.69) is 10.3 Å². The number of nitrogens with one attached hydrogen (secondary N) is 1. The SMILES string of the molecule is Cc1cccc(-c2ccc(-c3nc(CCOc4ccc(CCC(=O)O)c(CNC(=O)OC(C)C)c4)c(C)o3)cc2)n1. The molecule has 1 amide bonds. The highest BCUT2D eigenvalue weighted by atomic mass is 16.6. The summed E-state index contributed by atoms with van der Waals surface area (Å²) in [5, 5.41) is 11.8. The standard InChI is InChI=1S/C32H35N3O6/c1-20(2)40-32(38)33-19-26-18-27(14-12-23(26)13-15-30(36)37)39-17-16-28-22(4)41-31(35-28)25-10-8-24(9-11-25)29-7-5-6-21(3)34-29/h5-12,14,18,20H,13,15-17,19H2,1-4H3,(H,33,38)(H,36,37). The average molecular weight is 558 g/mol. The number of carbonyl (C=O) groups excluding carboxylic acids is 1. The van der Waals surface area contributed by atoms with Gasteiger partial charge in [-0.3, -0.25) is 9.78 Å². The van der Waals surface area contributed by atoms with Crippen LogP contribution in [0.15, 0.2) is 65.1 Å². The van der Waals surface area contributed by atoms with Crippen LogP contribution in [-0.2, 0) is 28.9 Å². The summed E-state index contributed by atoms with van der Waals surface area (Å²) in [6.07, 6.45) is 0.0923. The summed E-state index contributed by atoms with van der Waals surface area (Å²) < 4.78 is 17.1. The number of aromatic nitrogens is 2. The van der Waals surface area contributed by atoms with Crippen LogP contribution < -0.4 is 10.1 Å². The third-order valence-corrected chi connectivity index (χ3v) is 6.37. The van der Waals surface area contributed by atoms with Gasteiger partial charge in [0.05, 0.1) is 24.1 Å². The maximum absolute atomic E-state index is 12.0. The van der Waals surface area contributed by atoms with Crippen LogP contribution in [0.4, 0.5) is 4.79 Å². The summed E-state index contributed by atoms with van der Waals surface area (Å²) in [6, 6.07) is 19.4. The Labute approximate surface area is 239 Å². The van der Waals surface area contributed by atoms with Gasteiger partial charge in [-0.2, -0.15) is 0 Å². The fourth-order valence-corrected chi connectivity index (χ4v) is 4.30. The molecule has 41 heavy (non-hydrogen) atoms. The summed E-state index contributed by atoms with van der Waals surface area (Å²) >= 11 is 0. The Kier molecular flexibility index (Phi) is 9.73. The van der Waals surface area contributed by atoms with Gasteiger partial charge in [0.1, 0.15) is 11.5 Å². The largest absolute Gasteiger partial charge is 0.493 e. The zero-order valence-electron chi connectivity index (χ0n) is 23.8. The third-order valence-electron chi connectivity index (χ3n) is 6.37. The average Bonchev–Trinajstić information content (AvgIpc) is 3.31. The van der Waals surface area contributed by atoms with Gasteiger partial charge < -0.3 is 24.3 Å². The number of oxazole rings is 1. The summed E-state index contributed by atoms with van der Waals surface area (Å²) in [5.74, 6) is 1.00. The Bertz CT molecular complexity index is 1490. The first-order chi connectivity index (χ1) is 19.7. The minimum absolute atomic E-state index is 0.0110. The Morgan fingerprint density at radius 1 is 0.951 bits per heavy atom. The van der Waals surface area contributed by atoms with Gasteiger partial charge in [0.15, 0.2) is 0 Å². The lowest BCUT2D eigenvalue weighted by Crippen LogP contribution is -2.26. The molecule has 214 valence electrons. The number of aryl methyl sites for hydroxylation is 3. The van der Waals surface area contributed by atoms with Gasteiger partial charge in [-0.15, -0.1) is 0 Å². The second-order valence-electron chi connectivity index (χ2n) is 9.99. The van der Waals surface area contributed by atoms with E-state index >= 15 is 0 Å². The molecule has 0 saturated carbocycles. The first-order valence-corrected chi connectivity index (χ1v) is 13.6. The summed E-state index contributed by atoms with van der Waals surface area (Å²) in [4.78, 5) is 32.3. The predicted molar refractivity (Wildman–Crippen MR) is 155 cm³/mol. The second kappa shape index (κ2) is 13.6. The minimum Gasteiger partial charge on any atom is -0.493 e. The van der Waals surface area contributed by atoms with Crippen molar-refractivity contribution in [2.75, 3.05) is 6.61 Å². The van der Waals surface area contributed by atoms with Crippen LogP contribution in [-0.4, -0.2) is 39.8 Å². The Balaban J connectivity index is 1.39. The molecule has 0 aliphatic heterocycles. The first kappa shape index (κ1) is 29.3. The minimum atomic E-state index is -0.884. The summed E-state index contributed by atoms with van der Waals surface area (Å²) in [5.41, 5.74) is 6.19. The van der Waals surface area contributed by atoms with Gasteiger partial charge in [0, 0.05) is 36.2 Å². The Morgan fingerprint density at radius 3 is 2.41 bits per heavy atom. The van der Waals surface area contributed by atoms with Crippen LogP contribution in [0.5, 0.6) is 5.75 Å². The van der Waals surface area contributed by atoms with E-state index in [1.165, 1.54) is 0 Å². The summed E-state index contributed by atoms with van der Waals surface area (Å²) in [7, 11) is 0. The van der Waals surface area contributed by atoms with Crippen LogP contribution in [0.25, 0.3) is 22.7 Å². The molecule has 2 aromatic heterocycles. The molecule has 0 aliphatic carbocycles. The van der Waals surface area contributed by atoms with Gasteiger partial charge in [-0.05, 0) is 81.6 Å². The number of hydrogen-bond acceptors (Lipinski definition) is 7. The molecule has 4 aromatic rings. The molecule has 0 saturated heterocycles. The molecule has 0 atom stereocenters. The third kappa shape index (κ3) is 8.41. The molecular weight excluding hydrogens is 522 g/mol. The fourth-order valence-electron chi connectivity index (χ4n) is 4.30. The molecule has 0 unspecified atom stereocenters. The molecule has 9 heteroatoms. The van der Waals surface area contributed by atoms with E-state index in [-0.39, 0.29) is 19.1 Å². The van der Waals surface area contributed by atoms with Crippen molar-refractivity contribution in [1.82, 2.24) is 15.3 Å². The molecule has 2 heterocycles. The van der Waals surface area contributed by atoms with Crippen molar-refractivity contribution in [3.8, 4) is 28.5 Å². The molecule has 0 aliphatic rings. The molecule has 0 bridgehead atoms. The van der Waals surface area contributed by atoms with Crippen molar-refractivity contribution < 1.29 is 28.6 Å². The Morgan fingerprint density at radius 2 is 1.71 bits per heavy atom. The van der Waals surface area contributed by atoms with E-state index in [0.717, 1.165) is 45.1 Å². The molecule has 4 rings (SSSR count). The number of pyridine rings is 1. The fraction of sp³-hybridized carbons (Fsp3) is 0.312. The van der Waals surface area contributed by atoms with Crippen LogP contribution in [0.1, 0.15) is 48.5 Å². The monoisotopic (exact) mass is 557 g/mol. The number of hydrogen-bond donors (Lipinski definition) is 2. The van der Waals surface area contributed by atoms with Crippen molar-refractivity contribution in [2.24, 2.45) is 0 Å². The molecule has 0 spiro atoms. The first-order valence-electron chi connectivity index (χ1n) is 13.6. The number of amides is 1. The van der Waals surface area contributed by atoms with E-state index in [0.29, 0.717) is 31.1 Å². The van der Waals surface area contributed by atoms with Crippen molar-refractivity contribution in [2.45, 2.75) is 59.6 Å². The van der Waals surface area contributed by atoms with Gasteiger partial charge in [0.25, 0.3) is 0 Å². The van der Waals surface area contributed by atoms with Crippen molar-refractivity contribution in [3.05, 3.63) is 88.9 Å². The van der Waals surface area contributed by atoms with Gasteiger partial charge in [0.2, 0.25) is 5.89 Å². The highest BCUT2D eigenvalue weighted by Crippen LogP contribution is 2.26. The molecular formula is C32H35N3O6. The summed E-state index contributed by atoms with van der Waals surface area (Å²) in [6.45, 7) is 7.95. The highest BCUT2D eigenvalue weighted by Gasteiger charge is 2.14. The quantitative estimate of drug-likeness (QED) is 0.208.